The van der Waals surface area contributed by atoms with Crippen molar-refractivity contribution in [1.82, 2.24) is 25.5 Å². The number of para-hydroxylation sites is 2. The average molecular weight is 456 g/mol. The lowest BCUT2D eigenvalue weighted by molar-refractivity contribution is -0.148. The number of aromatic nitrogens is 2. The van der Waals surface area contributed by atoms with Gasteiger partial charge in [0.05, 0.1) is 17.1 Å². The maximum Gasteiger partial charge on any atom is 0.262 e. The molecule has 1 aromatic heterocycles. The zero-order chi connectivity index (χ0) is 24.0. The number of nitrogens with one attached hydrogen (secondary N) is 3. The number of amides is 2. The van der Waals surface area contributed by atoms with Gasteiger partial charge in [-0.05, 0) is 51.2 Å². The van der Waals surface area contributed by atoms with E-state index in [2.05, 4.69) is 41.4 Å². The molecule has 0 radical (unpaired) electrons. The molecule has 1 aliphatic heterocycles. The van der Waals surface area contributed by atoms with Gasteiger partial charge in [0.1, 0.15) is 12.1 Å². The second-order valence-corrected chi connectivity index (χ2v) is 9.58. The van der Waals surface area contributed by atoms with Crippen LogP contribution >= 0.6 is 0 Å². The van der Waals surface area contributed by atoms with Crippen LogP contribution in [0, 0.1) is 5.92 Å². The fourth-order valence-corrected chi connectivity index (χ4v) is 4.58. The minimum absolute atomic E-state index is 0.0661. The van der Waals surface area contributed by atoms with Gasteiger partial charge in [0.2, 0.25) is 5.91 Å². The summed E-state index contributed by atoms with van der Waals surface area (Å²) in [5, 5.41) is 6.01. The molecule has 1 aliphatic rings. The molecule has 1 saturated heterocycles. The van der Waals surface area contributed by atoms with E-state index in [4.69, 9.17) is 0 Å². The van der Waals surface area contributed by atoms with Crippen molar-refractivity contribution in [3.8, 4) is 0 Å². The Balaban J connectivity index is 1.88. The van der Waals surface area contributed by atoms with Crippen molar-refractivity contribution < 1.29 is 14.4 Å². The predicted octanol–water partition coefficient (Wildman–Crippen LogP) is 3.45. The standard InChI is InChI=1S/C25H37N5O3/c1-17(2)12-13-22(32)29-25(14-16-31,30-15-8-7-9-18(30)3)24(33)26-19(4)23-27-20-10-5-6-11-21(20)28-23/h5-6,10-11,16-19H,7-9,12-15H2,1-4H3,(H,26,33)(H,27,28)(H,29,32)/t18?,19-,25?/m1/s1. The quantitative estimate of drug-likeness (QED) is 0.476. The Hall–Kier alpha value is -2.74. The molecule has 1 aromatic carbocycles. The van der Waals surface area contributed by atoms with Gasteiger partial charge in [0, 0.05) is 25.4 Å². The van der Waals surface area contributed by atoms with Crippen molar-refractivity contribution in [2.45, 2.75) is 84.0 Å². The van der Waals surface area contributed by atoms with Crippen LogP contribution in [0.3, 0.4) is 0 Å². The molecular weight excluding hydrogens is 418 g/mol. The summed E-state index contributed by atoms with van der Waals surface area (Å²) in [6.45, 7) is 8.66. The third-order valence-corrected chi connectivity index (χ3v) is 6.51. The maximum absolute atomic E-state index is 13.8. The molecule has 0 spiro atoms. The number of hydrogen-bond donors (Lipinski definition) is 3. The highest BCUT2D eigenvalue weighted by atomic mass is 16.2. The van der Waals surface area contributed by atoms with E-state index < -0.39 is 11.7 Å². The van der Waals surface area contributed by atoms with Crippen LogP contribution in [0.2, 0.25) is 0 Å². The van der Waals surface area contributed by atoms with Gasteiger partial charge in [0.25, 0.3) is 5.91 Å². The lowest BCUT2D eigenvalue weighted by Crippen LogP contribution is -2.71. The van der Waals surface area contributed by atoms with E-state index in [9.17, 15) is 14.4 Å². The SMILES string of the molecule is CC(C)CCC(=O)NC(CC=O)(C(=O)N[C@H](C)c1nc2ccccc2[nH]1)N1CCCCC1C. The topological polar surface area (TPSA) is 107 Å². The Morgan fingerprint density at radius 2 is 2.03 bits per heavy atom. The van der Waals surface area contributed by atoms with Crippen LogP contribution < -0.4 is 10.6 Å². The van der Waals surface area contributed by atoms with Crippen molar-refractivity contribution in [1.29, 1.82) is 0 Å². The summed E-state index contributed by atoms with van der Waals surface area (Å²) in [5.74, 6) is 0.401. The van der Waals surface area contributed by atoms with E-state index in [-0.39, 0.29) is 24.3 Å². The van der Waals surface area contributed by atoms with Gasteiger partial charge in [0.15, 0.2) is 5.66 Å². The first-order chi connectivity index (χ1) is 15.8. The number of fused-ring (bicyclic) bond motifs is 1. The van der Waals surface area contributed by atoms with Crippen LogP contribution in [0.1, 0.15) is 78.1 Å². The fraction of sp³-hybridized carbons (Fsp3) is 0.600. The molecule has 2 aromatic rings. The summed E-state index contributed by atoms with van der Waals surface area (Å²) >= 11 is 0. The zero-order valence-electron chi connectivity index (χ0n) is 20.2. The molecule has 2 amide bonds. The Kier molecular flexibility index (Phi) is 8.24. The van der Waals surface area contributed by atoms with Crippen molar-refractivity contribution in [2.75, 3.05) is 6.54 Å². The first-order valence-electron chi connectivity index (χ1n) is 12.0. The number of aromatic amines is 1. The molecule has 0 saturated carbocycles. The smallest absolute Gasteiger partial charge is 0.262 e. The van der Waals surface area contributed by atoms with E-state index >= 15 is 0 Å². The summed E-state index contributed by atoms with van der Waals surface area (Å²) in [6.07, 6.45) is 4.54. The molecule has 8 heteroatoms. The highest BCUT2D eigenvalue weighted by molar-refractivity contribution is 5.93. The first-order valence-corrected chi connectivity index (χ1v) is 12.0. The second-order valence-electron chi connectivity index (χ2n) is 9.58. The van der Waals surface area contributed by atoms with Crippen LogP contribution in [-0.4, -0.2) is 51.2 Å². The van der Waals surface area contributed by atoms with E-state index in [1.807, 2.05) is 36.1 Å². The number of piperidine rings is 1. The van der Waals surface area contributed by atoms with E-state index in [1.54, 1.807) is 0 Å². The summed E-state index contributed by atoms with van der Waals surface area (Å²) in [7, 11) is 0. The van der Waals surface area contributed by atoms with E-state index in [0.717, 1.165) is 43.0 Å². The molecule has 8 nitrogen and oxygen atoms in total. The van der Waals surface area contributed by atoms with Crippen molar-refractivity contribution in [3.05, 3.63) is 30.1 Å². The monoisotopic (exact) mass is 455 g/mol. The Morgan fingerprint density at radius 1 is 1.27 bits per heavy atom. The molecule has 3 N–H and O–H groups in total. The van der Waals surface area contributed by atoms with Gasteiger partial charge < -0.3 is 20.4 Å². The van der Waals surface area contributed by atoms with Crippen LogP contribution in [0.4, 0.5) is 0 Å². The molecule has 2 heterocycles. The van der Waals surface area contributed by atoms with Crippen molar-refractivity contribution in [3.63, 3.8) is 0 Å². The van der Waals surface area contributed by atoms with Gasteiger partial charge in [-0.25, -0.2) is 4.98 Å². The van der Waals surface area contributed by atoms with Gasteiger partial charge >= 0.3 is 0 Å². The highest BCUT2D eigenvalue weighted by Gasteiger charge is 2.48. The van der Waals surface area contributed by atoms with Crippen LogP contribution in [-0.2, 0) is 14.4 Å². The molecule has 0 aliphatic carbocycles. The molecule has 1 fully saturated rings. The molecule has 180 valence electrons. The van der Waals surface area contributed by atoms with Crippen LogP contribution in [0.15, 0.2) is 24.3 Å². The number of benzene rings is 1. The number of hydrogen-bond acceptors (Lipinski definition) is 5. The number of rotatable bonds is 10. The number of imidazole rings is 1. The number of aldehydes is 1. The average Bonchev–Trinajstić information content (AvgIpc) is 3.22. The van der Waals surface area contributed by atoms with Gasteiger partial charge in [-0.15, -0.1) is 0 Å². The molecule has 0 bridgehead atoms. The Bertz CT molecular complexity index is 939. The van der Waals surface area contributed by atoms with Crippen LogP contribution in [0.5, 0.6) is 0 Å². The minimum Gasteiger partial charge on any atom is -0.343 e. The predicted molar refractivity (Wildman–Crippen MR) is 128 cm³/mol. The largest absolute Gasteiger partial charge is 0.343 e. The minimum atomic E-state index is -1.42. The number of carbonyl (C=O) groups is 3. The second kappa shape index (κ2) is 10.9. The third-order valence-electron chi connectivity index (χ3n) is 6.51. The van der Waals surface area contributed by atoms with E-state index in [1.165, 1.54) is 0 Å². The maximum atomic E-state index is 13.8. The third kappa shape index (κ3) is 5.79. The number of nitrogens with zero attached hydrogens (tertiary/aromatic N) is 2. The first kappa shape index (κ1) is 24.9. The number of carbonyl (C=O) groups excluding carboxylic acids is 3. The molecule has 3 rings (SSSR count). The normalized spacial score (nSPS) is 19.7. The number of likely N-dealkylation sites (tertiary alicyclic amines) is 1. The summed E-state index contributed by atoms with van der Waals surface area (Å²) in [4.78, 5) is 48.4. The molecule has 3 atom stereocenters. The summed E-state index contributed by atoms with van der Waals surface area (Å²) in [6, 6.07) is 7.31. The molecule has 33 heavy (non-hydrogen) atoms. The lowest BCUT2D eigenvalue weighted by Gasteiger charge is -2.47. The summed E-state index contributed by atoms with van der Waals surface area (Å²) < 4.78 is 0. The zero-order valence-corrected chi connectivity index (χ0v) is 20.2. The molecule has 2 unspecified atom stereocenters. The van der Waals surface area contributed by atoms with E-state index in [0.29, 0.717) is 24.7 Å². The number of H-pyrrole nitrogens is 1. The Morgan fingerprint density at radius 3 is 2.70 bits per heavy atom. The highest BCUT2D eigenvalue weighted by Crippen LogP contribution is 2.28. The lowest BCUT2D eigenvalue weighted by atomic mass is 9.93. The van der Waals surface area contributed by atoms with Gasteiger partial charge in [-0.3, -0.25) is 14.5 Å². The fourth-order valence-electron chi connectivity index (χ4n) is 4.58. The summed E-state index contributed by atoms with van der Waals surface area (Å²) in [5.41, 5.74) is 0.287. The van der Waals surface area contributed by atoms with Crippen LogP contribution in [0.25, 0.3) is 11.0 Å². The van der Waals surface area contributed by atoms with Crippen molar-refractivity contribution >= 4 is 29.1 Å². The Labute approximate surface area is 195 Å². The van der Waals surface area contributed by atoms with Crippen molar-refractivity contribution in [2.24, 2.45) is 5.92 Å². The van der Waals surface area contributed by atoms with Gasteiger partial charge in [-0.1, -0.05) is 32.4 Å². The van der Waals surface area contributed by atoms with Gasteiger partial charge in [-0.2, -0.15) is 0 Å². The molecular formula is C25H37N5O3.